The van der Waals surface area contributed by atoms with Crippen molar-refractivity contribution in [3.63, 3.8) is 0 Å². The van der Waals surface area contributed by atoms with Crippen molar-refractivity contribution in [2.24, 2.45) is 0 Å². The minimum Gasteiger partial charge on any atom is -0.338 e. The molecule has 1 rings (SSSR count). The zero-order valence-corrected chi connectivity index (χ0v) is 12.8. The van der Waals surface area contributed by atoms with Crippen LogP contribution in [0.5, 0.6) is 0 Å². The van der Waals surface area contributed by atoms with E-state index in [9.17, 15) is 4.79 Å². The van der Waals surface area contributed by atoms with E-state index in [2.05, 4.69) is 25.8 Å². The number of halogens is 1. The quantitative estimate of drug-likeness (QED) is 0.808. The lowest BCUT2D eigenvalue weighted by Gasteiger charge is -2.21. The zero-order chi connectivity index (χ0) is 13.5. The normalized spacial score (nSPS) is 10.7. The van der Waals surface area contributed by atoms with Crippen LogP contribution in [0.15, 0.2) is 22.8 Å². The monoisotopic (exact) mass is 313 g/mol. The van der Waals surface area contributed by atoms with Gasteiger partial charge in [-0.05, 0) is 62.0 Å². The molecule has 0 aliphatic carbocycles. The first kappa shape index (κ1) is 15.1. The molecule has 0 aromatic carbocycles. The number of aromatic nitrogens is 1. The van der Waals surface area contributed by atoms with Crippen LogP contribution in [-0.2, 0) is 0 Å². The van der Waals surface area contributed by atoms with Gasteiger partial charge in [0.15, 0.2) is 0 Å². The van der Waals surface area contributed by atoms with Crippen LogP contribution in [0.4, 0.5) is 0 Å². The van der Waals surface area contributed by atoms with E-state index in [1.165, 1.54) is 0 Å². The largest absolute Gasteiger partial charge is 0.338 e. The second kappa shape index (κ2) is 7.48. The molecule has 0 saturated heterocycles. The highest BCUT2D eigenvalue weighted by Gasteiger charge is 2.14. The summed E-state index contributed by atoms with van der Waals surface area (Å²) in [7, 11) is 4.07. The topological polar surface area (TPSA) is 36.4 Å². The van der Waals surface area contributed by atoms with Crippen LogP contribution >= 0.6 is 15.9 Å². The maximum atomic E-state index is 12.2. The molecule has 0 saturated carbocycles. The van der Waals surface area contributed by atoms with E-state index < -0.39 is 0 Å². The van der Waals surface area contributed by atoms with E-state index in [0.717, 1.165) is 24.0 Å². The summed E-state index contributed by atoms with van der Waals surface area (Å²) in [5.41, 5.74) is 0.505. The van der Waals surface area contributed by atoms with Gasteiger partial charge in [0.25, 0.3) is 5.91 Å². The molecule has 4 nitrogen and oxygen atoms in total. The molecule has 0 aliphatic rings. The average molecular weight is 314 g/mol. The van der Waals surface area contributed by atoms with Gasteiger partial charge in [-0.2, -0.15) is 0 Å². The Hall–Kier alpha value is -0.940. The minimum atomic E-state index is 0.00348. The number of carbonyl (C=O) groups is 1. The molecule has 0 aliphatic heterocycles. The highest BCUT2D eigenvalue weighted by molar-refractivity contribution is 9.10. The minimum absolute atomic E-state index is 0.00348. The van der Waals surface area contributed by atoms with Crippen LogP contribution in [0, 0.1) is 0 Å². The van der Waals surface area contributed by atoms with Crippen molar-refractivity contribution >= 4 is 21.8 Å². The highest BCUT2D eigenvalue weighted by Crippen LogP contribution is 2.09. The molecule has 1 aromatic rings. The van der Waals surface area contributed by atoms with Gasteiger partial charge in [0.2, 0.25) is 0 Å². The Morgan fingerprint density at radius 2 is 2.06 bits per heavy atom. The van der Waals surface area contributed by atoms with E-state index in [0.29, 0.717) is 12.2 Å². The fourth-order valence-electron chi connectivity index (χ4n) is 1.65. The van der Waals surface area contributed by atoms with Crippen LogP contribution in [0.1, 0.15) is 23.8 Å². The molecule has 0 radical (unpaired) electrons. The summed E-state index contributed by atoms with van der Waals surface area (Å²) in [6, 6.07) is 3.59. The molecular formula is C13H20BrN3O. The average Bonchev–Trinajstić information content (AvgIpc) is 2.34. The lowest BCUT2D eigenvalue weighted by Crippen LogP contribution is -2.33. The molecule has 18 heavy (non-hydrogen) atoms. The Balaban J connectivity index is 2.59. The number of nitrogens with zero attached hydrogens (tertiary/aromatic N) is 3. The second-order valence-electron chi connectivity index (χ2n) is 4.40. The van der Waals surface area contributed by atoms with Crippen molar-refractivity contribution in [2.45, 2.75) is 13.3 Å². The highest BCUT2D eigenvalue weighted by atomic mass is 79.9. The number of hydrogen-bond acceptors (Lipinski definition) is 3. The van der Waals surface area contributed by atoms with Crippen LogP contribution < -0.4 is 0 Å². The molecule has 1 heterocycles. The smallest absolute Gasteiger partial charge is 0.272 e. The third-order valence-corrected chi connectivity index (χ3v) is 3.12. The lowest BCUT2D eigenvalue weighted by molar-refractivity contribution is 0.0753. The first-order valence-corrected chi connectivity index (χ1v) is 6.89. The van der Waals surface area contributed by atoms with Crippen molar-refractivity contribution in [3.05, 3.63) is 28.5 Å². The number of pyridine rings is 1. The number of rotatable bonds is 6. The zero-order valence-electron chi connectivity index (χ0n) is 11.2. The number of amides is 1. The van der Waals surface area contributed by atoms with Gasteiger partial charge >= 0.3 is 0 Å². The van der Waals surface area contributed by atoms with Gasteiger partial charge in [0.05, 0.1) is 0 Å². The summed E-state index contributed by atoms with van der Waals surface area (Å²) in [6.07, 6.45) is 2.63. The maximum absolute atomic E-state index is 12.2. The summed E-state index contributed by atoms with van der Waals surface area (Å²) in [5.74, 6) is 0.00348. The van der Waals surface area contributed by atoms with E-state index in [4.69, 9.17) is 0 Å². The van der Waals surface area contributed by atoms with Crippen LogP contribution in [0.3, 0.4) is 0 Å². The van der Waals surface area contributed by atoms with E-state index in [-0.39, 0.29) is 5.91 Å². The molecule has 1 amide bonds. The molecule has 0 N–H and O–H groups in total. The van der Waals surface area contributed by atoms with Crippen molar-refractivity contribution < 1.29 is 4.79 Å². The van der Waals surface area contributed by atoms with E-state index >= 15 is 0 Å². The van der Waals surface area contributed by atoms with E-state index in [1.807, 2.05) is 32.0 Å². The van der Waals surface area contributed by atoms with Gasteiger partial charge in [0, 0.05) is 23.8 Å². The fourth-order valence-corrected chi connectivity index (χ4v) is 1.88. The summed E-state index contributed by atoms with van der Waals surface area (Å²) in [4.78, 5) is 20.3. The van der Waals surface area contributed by atoms with Crippen LogP contribution in [0.2, 0.25) is 0 Å². The summed E-state index contributed by atoms with van der Waals surface area (Å²) >= 11 is 3.31. The van der Waals surface area contributed by atoms with E-state index in [1.54, 1.807) is 12.3 Å². The Morgan fingerprint density at radius 3 is 2.56 bits per heavy atom. The van der Waals surface area contributed by atoms with Crippen molar-refractivity contribution in [3.8, 4) is 0 Å². The Morgan fingerprint density at radius 1 is 1.33 bits per heavy atom. The maximum Gasteiger partial charge on any atom is 0.272 e. The first-order chi connectivity index (χ1) is 8.54. The Bertz CT molecular complexity index is 378. The third-order valence-electron chi connectivity index (χ3n) is 2.65. The van der Waals surface area contributed by atoms with Gasteiger partial charge in [-0.25, -0.2) is 4.98 Å². The Kier molecular flexibility index (Phi) is 6.29. The molecule has 100 valence electrons. The molecule has 0 spiro atoms. The summed E-state index contributed by atoms with van der Waals surface area (Å²) in [5, 5.41) is 0. The molecule has 1 aromatic heterocycles. The molecule has 0 bridgehead atoms. The molecule has 0 atom stereocenters. The lowest BCUT2D eigenvalue weighted by atomic mass is 10.3. The predicted octanol–water partition coefficient (Wildman–Crippen LogP) is 2.26. The van der Waals surface area contributed by atoms with Crippen molar-refractivity contribution in [2.75, 3.05) is 33.7 Å². The van der Waals surface area contributed by atoms with Crippen molar-refractivity contribution in [1.29, 1.82) is 0 Å². The molecular weight excluding hydrogens is 294 g/mol. The molecule has 5 heteroatoms. The fraction of sp³-hybridized carbons (Fsp3) is 0.538. The summed E-state index contributed by atoms with van der Waals surface area (Å²) in [6.45, 7) is 4.46. The molecule has 0 fully saturated rings. The molecule has 0 unspecified atom stereocenters. The van der Waals surface area contributed by atoms with Gasteiger partial charge in [-0.1, -0.05) is 0 Å². The standard InChI is InChI=1S/C13H20BrN3O/c1-4-17(9-5-8-16(2)3)13(18)12-7-6-11(14)10-15-12/h6-7,10H,4-5,8-9H2,1-3H3. The van der Waals surface area contributed by atoms with Crippen LogP contribution in [0.25, 0.3) is 0 Å². The Labute approximate surface area is 117 Å². The number of carbonyl (C=O) groups excluding carboxylic acids is 1. The third kappa shape index (κ3) is 4.74. The predicted molar refractivity (Wildman–Crippen MR) is 76.7 cm³/mol. The van der Waals surface area contributed by atoms with Crippen molar-refractivity contribution in [1.82, 2.24) is 14.8 Å². The SMILES string of the molecule is CCN(CCCN(C)C)C(=O)c1ccc(Br)cn1. The van der Waals surface area contributed by atoms with Crippen LogP contribution in [-0.4, -0.2) is 54.4 Å². The summed E-state index contributed by atoms with van der Waals surface area (Å²) < 4.78 is 0.884. The second-order valence-corrected chi connectivity index (χ2v) is 5.32. The number of hydrogen-bond donors (Lipinski definition) is 0. The van der Waals surface area contributed by atoms with Gasteiger partial charge in [-0.3, -0.25) is 4.79 Å². The first-order valence-electron chi connectivity index (χ1n) is 6.10. The van der Waals surface area contributed by atoms with Gasteiger partial charge in [0.1, 0.15) is 5.69 Å². The van der Waals surface area contributed by atoms with Gasteiger partial charge < -0.3 is 9.80 Å². The van der Waals surface area contributed by atoms with Gasteiger partial charge in [-0.15, -0.1) is 0 Å².